The van der Waals surface area contributed by atoms with E-state index in [2.05, 4.69) is 68.1 Å². The predicted molar refractivity (Wildman–Crippen MR) is 436 cm³/mol. The van der Waals surface area contributed by atoms with Gasteiger partial charge in [-0.2, -0.15) is 0 Å². The number of aromatic hydroxyl groups is 1. The molecule has 0 saturated heterocycles. The number of aliphatic hydroxyl groups excluding tert-OH is 1. The van der Waals surface area contributed by atoms with Crippen molar-refractivity contribution < 1.29 is 114 Å². The maximum atomic E-state index is 10.8. The van der Waals surface area contributed by atoms with E-state index in [9.17, 15) is 47.9 Å². The van der Waals surface area contributed by atoms with Crippen LogP contribution in [0.4, 0.5) is 0 Å². The summed E-state index contributed by atoms with van der Waals surface area (Å²) in [5.74, 6) is -7.64. The Bertz CT molecular complexity index is 3690. The molecule has 23 N–H and O–H groups in total. The fourth-order valence-corrected chi connectivity index (χ4v) is 9.30. The normalized spacial score (nSPS) is 12.3. The van der Waals surface area contributed by atoms with Crippen molar-refractivity contribution in [2.24, 2.45) is 0 Å². The van der Waals surface area contributed by atoms with Gasteiger partial charge in [-0.05, 0) is 186 Å². The number of aliphatic carboxylic acids is 10. The van der Waals surface area contributed by atoms with E-state index >= 15 is 0 Å². The predicted octanol–water partition coefficient (Wildman–Crippen LogP) is 3.13. The number of hydrogen-bond donors (Lipinski definition) is 23. The topological polar surface area (TPSA) is 585 Å². The number of carbonyl (C=O) groups is 10. The maximum Gasteiger partial charge on any atom is 0.323 e. The first-order valence-corrected chi connectivity index (χ1v) is 36.5. The average Bonchev–Trinajstić information content (AvgIpc) is 1.77. The van der Waals surface area contributed by atoms with Crippen LogP contribution in [-0.2, 0) is 92.9 Å². The number of ether oxygens (including phenoxy) is 1. The summed E-state index contributed by atoms with van der Waals surface area (Å²) in [6, 6.07) is 32.8. The molecule has 2 heterocycles. The van der Waals surface area contributed by atoms with Crippen LogP contribution < -0.4 is 57.9 Å². The van der Waals surface area contributed by atoms with Crippen molar-refractivity contribution in [3.05, 3.63) is 200 Å². The number of phenolic OH excluding ortho intramolecular Hbond substituents is 1. The number of aromatic amines is 1. The number of thiazole rings is 1. The third kappa shape index (κ3) is 53.9. The zero-order valence-electron chi connectivity index (χ0n) is 65.9. The average molecular weight is 1680 g/mol. The highest BCUT2D eigenvalue weighted by atomic mass is 35.5. The summed E-state index contributed by atoms with van der Waals surface area (Å²) in [5.41, 5.74) is 8.09. The number of aromatic nitrogens is 3. The Kier molecular flexibility index (Phi) is 62.1. The van der Waals surface area contributed by atoms with Crippen LogP contribution in [0, 0.1) is 0 Å². The molecule has 0 spiro atoms. The van der Waals surface area contributed by atoms with Crippen LogP contribution >= 0.6 is 34.5 Å². The van der Waals surface area contributed by atoms with E-state index in [1.54, 1.807) is 138 Å². The summed E-state index contributed by atoms with van der Waals surface area (Å²) in [5, 5.41) is 132. The number of rotatable bonds is 36. The van der Waals surface area contributed by atoms with E-state index < -0.39 is 114 Å². The number of carboxylic acid groups (broad SMARTS) is 10. The highest BCUT2D eigenvalue weighted by molar-refractivity contribution is 7.07. The minimum Gasteiger partial charge on any atom is -0.508 e. The Balaban J connectivity index is -0.00000122. The van der Waals surface area contributed by atoms with E-state index in [1.807, 2.05) is 84.2 Å². The van der Waals surface area contributed by atoms with Crippen LogP contribution in [-0.4, -0.2) is 281 Å². The van der Waals surface area contributed by atoms with Crippen LogP contribution in [0.3, 0.4) is 0 Å². The standard InChI is InChI=1S/C11H15NO3.2C10H12ClNO2.C10H13NO3.C10H13NO2.C7H11N3O2.C7H10N2O2S.C4H9NO3.C4H9NO2.C3H7NO2/c1-12-10(11(13)14)7-8-3-5-9(15-2)6-4-8;1-12-9(10(13)14)6-7-2-4-8(11)5-3-7;1-12-9(10(13)14)6-7-3-2-4-8(11)5-7;1-11-9(10(13)14)6-7-2-4-8(12)5-3-7;1-11-9(10(12)13)7-8-5-3-2-4-6-8;1-8-6(7(11)12)2-5-3-9-4-10-5;1-8-6(7(10)11)2-5-3-12-4-9-5;1-5-3(2-6)4(7)8;1-3(5-2)4(6)7;1-4-2-3(5)6/h3-6,10,12H,7H2,1-2H3,(H,13,14);2*2-5,9,12H,6H2,1H3,(H,13,14);2-5,9,11-12H,6H2,1H3,(H,13,14);2-6,9,11H,7H2,1H3,(H,12,13);3-4,6,8H,2H2,1H3,(H,9,10)(H,11,12);3-4,6,8H,2H2,1H3,(H,10,11);3,5-6H,2H2,1H3,(H,7,8);3,5H,1-2H3,(H,6,7);4H,2H2,1H3,(H,5,6). The Morgan fingerprint density at radius 2 is 0.783 bits per heavy atom. The van der Waals surface area contributed by atoms with Gasteiger partial charge in [-0.15, -0.1) is 11.3 Å². The summed E-state index contributed by atoms with van der Waals surface area (Å²) in [7, 11) is 17.7. The number of aliphatic hydroxyl groups is 1. The zero-order chi connectivity index (χ0) is 88.0. The van der Waals surface area contributed by atoms with Crippen LogP contribution in [0.5, 0.6) is 11.5 Å². The summed E-state index contributed by atoms with van der Waals surface area (Å²) >= 11 is 13.0. The first-order chi connectivity index (χ1) is 54.4. The Morgan fingerprint density at radius 1 is 0.426 bits per heavy atom. The molecule has 9 unspecified atom stereocenters. The smallest absolute Gasteiger partial charge is 0.323 e. The van der Waals surface area contributed by atoms with Crippen molar-refractivity contribution in [2.45, 2.75) is 106 Å². The third-order valence-electron chi connectivity index (χ3n) is 15.3. The minimum absolute atomic E-state index is 0.0417. The molecule has 115 heavy (non-hydrogen) atoms. The van der Waals surface area contributed by atoms with Crippen molar-refractivity contribution in [2.75, 3.05) is 90.7 Å². The highest BCUT2D eigenvalue weighted by Crippen LogP contribution is 2.16. The lowest BCUT2D eigenvalue weighted by atomic mass is 10.1. The monoisotopic (exact) mass is 1680 g/mol. The number of phenols is 1. The van der Waals surface area contributed by atoms with E-state index in [0.29, 0.717) is 55.0 Å². The quantitative estimate of drug-likeness (QED) is 0.0268. The first kappa shape index (κ1) is 109. The number of carboxylic acids is 10. The Morgan fingerprint density at radius 3 is 1.06 bits per heavy atom. The van der Waals surface area contributed by atoms with Crippen molar-refractivity contribution >= 4 is 94.2 Å². The van der Waals surface area contributed by atoms with E-state index in [1.165, 1.54) is 24.7 Å². The number of halogens is 2. The molecule has 0 fully saturated rings. The molecule has 2 aromatic heterocycles. The second-order valence-electron chi connectivity index (χ2n) is 23.6. The highest BCUT2D eigenvalue weighted by Gasteiger charge is 2.21. The third-order valence-corrected chi connectivity index (χ3v) is 16.4. The van der Waals surface area contributed by atoms with Gasteiger partial charge >= 0.3 is 59.7 Å². The van der Waals surface area contributed by atoms with E-state index in [0.717, 1.165) is 45.0 Å². The summed E-state index contributed by atoms with van der Waals surface area (Å²) in [6.07, 6.45) is 6.31. The molecule has 39 heteroatoms. The molecule has 0 aliphatic carbocycles. The number of nitrogens with one attached hydrogen (secondary N) is 11. The second-order valence-corrected chi connectivity index (χ2v) is 25.2. The number of H-pyrrole nitrogens is 1. The van der Waals surface area contributed by atoms with Gasteiger partial charge in [0.15, 0.2) is 0 Å². The van der Waals surface area contributed by atoms with Gasteiger partial charge in [-0.25, -0.2) is 9.97 Å². The lowest BCUT2D eigenvalue weighted by Gasteiger charge is -2.11. The van der Waals surface area contributed by atoms with Crippen molar-refractivity contribution in [1.29, 1.82) is 0 Å². The number of nitrogens with zero attached hydrogens (tertiary/aromatic N) is 2. The van der Waals surface area contributed by atoms with Gasteiger partial charge in [0.05, 0.1) is 37.8 Å². The van der Waals surface area contributed by atoms with Crippen molar-refractivity contribution in [1.82, 2.24) is 68.1 Å². The molecule has 0 aliphatic rings. The first-order valence-electron chi connectivity index (χ1n) is 34.8. The molecule has 638 valence electrons. The molecular formula is C76H111Cl2N13O23S. The largest absolute Gasteiger partial charge is 0.508 e. The molecule has 9 atom stereocenters. The van der Waals surface area contributed by atoms with Crippen LogP contribution in [0.15, 0.2) is 151 Å². The number of imidazole rings is 1. The number of likely N-dealkylation sites (N-methyl/N-ethyl adjacent to an activating group) is 10. The lowest BCUT2D eigenvalue weighted by molar-refractivity contribution is -0.141. The Labute approximate surface area is 681 Å². The molecule has 5 aromatic carbocycles. The van der Waals surface area contributed by atoms with Gasteiger partial charge in [0.25, 0.3) is 0 Å². The second kappa shape index (κ2) is 65.7. The van der Waals surface area contributed by atoms with E-state index in [4.69, 9.17) is 89.2 Å². The minimum atomic E-state index is -1.03. The summed E-state index contributed by atoms with van der Waals surface area (Å²) < 4.78 is 5.02. The van der Waals surface area contributed by atoms with Gasteiger partial charge in [-0.1, -0.05) is 102 Å². The summed E-state index contributed by atoms with van der Waals surface area (Å²) in [4.78, 5) is 115. The number of benzene rings is 5. The molecule has 0 saturated carbocycles. The number of hydrogen-bond acceptors (Lipinski definition) is 26. The molecule has 36 nitrogen and oxygen atoms in total. The molecule has 7 rings (SSSR count). The van der Waals surface area contributed by atoms with Crippen LogP contribution in [0.2, 0.25) is 10.0 Å². The van der Waals surface area contributed by atoms with Crippen LogP contribution in [0.1, 0.15) is 46.1 Å². The number of methoxy groups -OCH3 is 1. The molecule has 0 radical (unpaired) electrons. The van der Waals surface area contributed by atoms with Gasteiger partial charge < -0.3 is 124 Å². The molecular weight excluding hydrogens is 1570 g/mol. The zero-order valence-corrected chi connectivity index (χ0v) is 68.2. The van der Waals surface area contributed by atoms with Gasteiger partial charge in [0.2, 0.25) is 0 Å². The molecule has 0 amide bonds. The van der Waals surface area contributed by atoms with Crippen molar-refractivity contribution in [3.63, 3.8) is 0 Å². The van der Waals surface area contributed by atoms with Crippen LogP contribution in [0.25, 0.3) is 0 Å². The SMILES string of the molecule is CNC(C)C(=O)O.CNC(CO)C(=O)O.CNC(Cc1ccc(Cl)cc1)C(=O)O.CNC(Cc1ccc(O)cc1)C(=O)O.CNC(Cc1ccc(OC)cc1)C(=O)O.CNC(Cc1cccc(Cl)c1)C(=O)O.CNC(Cc1ccccc1)C(=O)O.CNC(Cc1cnc[nH]1)C(=O)O.CNC(Cc1cscn1)C(=O)O.CNCC(=O)O. The molecule has 0 bridgehead atoms. The Hall–Kier alpha value is -10.6. The maximum absolute atomic E-state index is 10.8. The molecule has 0 aliphatic heterocycles. The fourth-order valence-electron chi connectivity index (χ4n) is 8.39. The summed E-state index contributed by atoms with van der Waals surface area (Å²) in [6.45, 7) is 1.26. The van der Waals surface area contributed by atoms with Crippen molar-refractivity contribution in [3.8, 4) is 11.5 Å². The molecule has 7 aromatic rings. The fraction of sp³-hybridized carbons (Fsp3) is 0.395. The van der Waals surface area contributed by atoms with Gasteiger partial charge in [0, 0.05) is 40.2 Å². The van der Waals surface area contributed by atoms with E-state index in [-0.39, 0.29) is 18.9 Å². The van der Waals surface area contributed by atoms with Gasteiger partial charge in [-0.3, -0.25) is 47.9 Å². The lowest BCUT2D eigenvalue weighted by Crippen LogP contribution is -2.36. The van der Waals surface area contributed by atoms with Gasteiger partial charge in [0.1, 0.15) is 65.9 Å².